The van der Waals surface area contributed by atoms with Gasteiger partial charge in [-0.2, -0.15) is 0 Å². The van der Waals surface area contributed by atoms with E-state index < -0.39 is 0 Å². The van der Waals surface area contributed by atoms with Gasteiger partial charge in [-0.15, -0.1) is 0 Å². The maximum atomic E-state index is 12.0. The van der Waals surface area contributed by atoms with Gasteiger partial charge in [0.25, 0.3) is 5.91 Å². The van der Waals surface area contributed by atoms with E-state index in [0.717, 1.165) is 13.0 Å². The summed E-state index contributed by atoms with van der Waals surface area (Å²) < 4.78 is 0. The van der Waals surface area contributed by atoms with Crippen LogP contribution >= 0.6 is 0 Å². The second-order valence-corrected chi connectivity index (χ2v) is 4.73. The summed E-state index contributed by atoms with van der Waals surface area (Å²) in [5.74, 6) is -0.121. The zero-order valence-electron chi connectivity index (χ0n) is 11.6. The predicted molar refractivity (Wildman–Crippen MR) is 82.4 cm³/mol. The summed E-state index contributed by atoms with van der Waals surface area (Å²) in [5, 5.41) is 6.38. The van der Waals surface area contributed by atoms with Crippen molar-refractivity contribution >= 4 is 5.91 Å². The Labute approximate surface area is 120 Å². The monoisotopic (exact) mass is 268 g/mol. The van der Waals surface area contributed by atoms with E-state index in [2.05, 4.69) is 42.0 Å². The Morgan fingerprint density at radius 2 is 2.20 bits per heavy atom. The molecule has 0 saturated carbocycles. The number of hydrogen-bond acceptors (Lipinski definition) is 2. The summed E-state index contributed by atoms with van der Waals surface area (Å²) in [5.41, 5.74) is 3.16. The Balaban J connectivity index is 2.02. The molecule has 1 aromatic carbocycles. The molecular weight excluding hydrogens is 248 g/mol. The first kappa shape index (κ1) is 14.3. The minimum atomic E-state index is -0.121. The van der Waals surface area contributed by atoms with Crippen LogP contribution in [0.5, 0.6) is 0 Å². The first-order valence-electron chi connectivity index (χ1n) is 6.80. The van der Waals surface area contributed by atoms with Crippen molar-refractivity contribution in [3.63, 3.8) is 0 Å². The largest absolute Gasteiger partial charge is 0.350 e. The zero-order valence-corrected chi connectivity index (χ0v) is 11.6. The molecule has 0 radical (unpaired) electrons. The molecule has 1 amide bonds. The molecule has 3 heteroatoms. The summed E-state index contributed by atoms with van der Waals surface area (Å²) >= 11 is 0. The highest BCUT2D eigenvalue weighted by Crippen LogP contribution is 2.21. The molecule has 1 heterocycles. The summed E-state index contributed by atoms with van der Waals surface area (Å²) in [6.45, 7) is 8.74. The number of carbonyl (C=O) groups excluding carboxylic acids is 1. The Hall–Kier alpha value is -2.13. The van der Waals surface area contributed by atoms with Crippen LogP contribution in [-0.4, -0.2) is 19.0 Å². The van der Waals surface area contributed by atoms with E-state index in [9.17, 15) is 4.79 Å². The number of nitrogens with one attached hydrogen (secondary N) is 2. The van der Waals surface area contributed by atoms with Crippen LogP contribution in [0.2, 0.25) is 0 Å². The van der Waals surface area contributed by atoms with Gasteiger partial charge in [-0.05, 0) is 24.1 Å². The van der Waals surface area contributed by atoms with E-state index in [0.29, 0.717) is 12.1 Å². The number of amides is 1. The molecule has 0 bridgehead atoms. The van der Waals surface area contributed by atoms with Gasteiger partial charge in [0.1, 0.15) is 0 Å². The van der Waals surface area contributed by atoms with Crippen LogP contribution in [-0.2, 0) is 11.2 Å². The number of fused-ring (bicyclic) bond motifs is 1. The lowest BCUT2D eigenvalue weighted by molar-refractivity contribution is -0.117. The van der Waals surface area contributed by atoms with E-state index in [4.69, 9.17) is 0 Å². The quantitative estimate of drug-likeness (QED) is 0.635. The number of allylic oxidation sites excluding steroid dienone is 2. The van der Waals surface area contributed by atoms with Gasteiger partial charge in [-0.25, -0.2) is 0 Å². The molecule has 0 aliphatic carbocycles. The standard InChI is InChI=1S/C17H20N2O/c1-3-7-13(4-2)17(20)19-12-16-15-9-6-5-8-14(15)10-11-18-16/h3-9,16,18H,1-2,10-12H2,(H,19,20)/b13-7+. The molecule has 3 nitrogen and oxygen atoms in total. The van der Waals surface area contributed by atoms with Crippen molar-refractivity contribution < 1.29 is 4.79 Å². The Bertz CT molecular complexity index is 546. The maximum absolute atomic E-state index is 12.0. The molecular formula is C17H20N2O. The Morgan fingerprint density at radius 1 is 1.40 bits per heavy atom. The summed E-state index contributed by atoms with van der Waals surface area (Å²) in [6.07, 6.45) is 5.82. The number of benzene rings is 1. The molecule has 0 aromatic heterocycles. The van der Waals surface area contributed by atoms with Crippen molar-refractivity contribution in [1.29, 1.82) is 0 Å². The van der Waals surface area contributed by atoms with Crippen LogP contribution in [0.15, 0.2) is 61.2 Å². The van der Waals surface area contributed by atoms with Crippen molar-refractivity contribution in [3.05, 3.63) is 72.4 Å². The third-order valence-corrected chi connectivity index (χ3v) is 3.46. The highest BCUT2D eigenvalue weighted by atomic mass is 16.1. The highest BCUT2D eigenvalue weighted by molar-refractivity contribution is 5.96. The number of carbonyl (C=O) groups is 1. The van der Waals surface area contributed by atoms with E-state index in [1.54, 1.807) is 18.2 Å². The van der Waals surface area contributed by atoms with Crippen molar-refractivity contribution in [3.8, 4) is 0 Å². The van der Waals surface area contributed by atoms with Gasteiger partial charge in [-0.3, -0.25) is 4.79 Å². The molecule has 2 rings (SSSR count). The van der Waals surface area contributed by atoms with Gasteiger partial charge in [0, 0.05) is 18.2 Å². The summed E-state index contributed by atoms with van der Waals surface area (Å²) in [7, 11) is 0. The average molecular weight is 268 g/mol. The van der Waals surface area contributed by atoms with Crippen LogP contribution in [0.25, 0.3) is 0 Å². The maximum Gasteiger partial charge on any atom is 0.251 e. The second kappa shape index (κ2) is 6.87. The van der Waals surface area contributed by atoms with Crippen LogP contribution in [0.3, 0.4) is 0 Å². The number of hydrogen-bond donors (Lipinski definition) is 2. The van der Waals surface area contributed by atoms with Gasteiger partial charge in [0.2, 0.25) is 0 Å². The molecule has 0 fully saturated rings. The normalized spacial score (nSPS) is 18.0. The van der Waals surface area contributed by atoms with Gasteiger partial charge >= 0.3 is 0 Å². The van der Waals surface area contributed by atoms with E-state index in [1.165, 1.54) is 11.1 Å². The lowest BCUT2D eigenvalue weighted by Gasteiger charge is -2.27. The number of rotatable bonds is 5. The summed E-state index contributed by atoms with van der Waals surface area (Å²) in [6, 6.07) is 8.53. The fourth-order valence-corrected chi connectivity index (χ4v) is 2.44. The molecule has 0 saturated heterocycles. The lowest BCUT2D eigenvalue weighted by atomic mass is 9.94. The Kier molecular flexibility index (Phi) is 4.91. The molecule has 1 aromatic rings. The van der Waals surface area contributed by atoms with Crippen molar-refractivity contribution in [1.82, 2.24) is 10.6 Å². The molecule has 0 spiro atoms. The predicted octanol–water partition coefficient (Wildman–Crippen LogP) is 2.29. The molecule has 2 N–H and O–H groups in total. The first-order valence-corrected chi connectivity index (χ1v) is 6.80. The second-order valence-electron chi connectivity index (χ2n) is 4.73. The van der Waals surface area contributed by atoms with Crippen LogP contribution in [0.1, 0.15) is 17.2 Å². The molecule has 20 heavy (non-hydrogen) atoms. The molecule has 1 unspecified atom stereocenters. The Morgan fingerprint density at radius 3 is 2.95 bits per heavy atom. The third kappa shape index (κ3) is 3.25. The first-order chi connectivity index (χ1) is 9.76. The van der Waals surface area contributed by atoms with Gasteiger partial charge in [0.05, 0.1) is 0 Å². The molecule has 104 valence electrons. The minimum Gasteiger partial charge on any atom is -0.350 e. The smallest absolute Gasteiger partial charge is 0.251 e. The van der Waals surface area contributed by atoms with Gasteiger partial charge in [-0.1, -0.05) is 55.7 Å². The van der Waals surface area contributed by atoms with Crippen LogP contribution in [0.4, 0.5) is 0 Å². The van der Waals surface area contributed by atoms with Crippen molar-refractivity contribution in [2.45, 2.75) is 12.5 Å². The average Bonchev–Trinajstić information content (AvgIpc) is 2.50. The van der Waals surface area contributed by atoms with Gasteiger partial charge < -0.3 is 10.6 Å². The van der Waals surface area contributed by atoms with Crippen LogP contribution in [0, 0.1) is 0 Å². The minimum absolute atomic E-state index is 0.121. The van der Waals surface area contributed by atoms with Crippen molar-refractivity contribution in [2.75, 3.05) is 13.1 Å². The lowest BCUT2D eigenvalue weighted by Crippen LogP contribution is -2.39. The van der Waals surface area contributed by atoms with Gasteiger partial charge in [0.15, 0.2) is 0 Å². The SMILES string of the molecule is C=C/C=C(\C=C)C(=O)NCC1NCCc2ccccc21. The third-order valence-electron chi connectivity index (χ3n) is 3.46. The van der Waals surface area contributed by atoms with Crippen molar-refractivity contribution in [2.24, 2.45) is 0 Å². The fourth-order valence-electron chi connectivity index (χ4n) is 2.44. The van der Waals surface area contributed by atoms with E-state index in [-0.39, 0.29) is 11.9 Å². The molecule has 1 atom stereocenters. The van der Waals surface area contributed by atoms with E-state index >= 15 is 0 Å². The topological polar surface area (TPSA) is 41.1 Å². The van der Waals surface area contributed by atoms with E-state index in [1.807, 2.05) is 6.07 Å². The highest BCUT2D eigenvalue weighted by Gasteiger charge is 2.19. The molecule has 1 aliphatic rings. The zero-order chi connectivity index (χ0) is 14.4. The van der Waals surface area contributed by atoms with Crippen LogP contribution < -0.4 is 10.6 Å². The summed E-state index contributed by atoms with van der Waals surface area (Å²) in [4.78, 5) is 12.0. The molecule has 1 aliphatic heterocycles. The fraction of sp³-hybridized carbons (Fsp3) is 0.235.